The lowest BCUT2D eigenvalue weighted by Crippen LogP contribution is -2.27. The van der Waals surface area contributed by atoms with Crippen LogP contribution in [0, 0.1) is 5.92 Å². The molecule has 6 nitrogen and oxygen atoms in total. The molecule has 17 heavy (non-hydrogen) atoms. The monoisotopic (exact) mass is 245 g/mol. The van der Waals surface area contributed by atoms with Crippen LogP contribution >= 0.6 is 0 Å². The zero-order chi connectivity index (χ0) is 13.4. The molecular weight excluding hydrogens is 226 g/mol. The van der Waals surface area contributed by atoms with Gasteiger partial charge < -0.3 is 14.4 Å². The van der Waals surface area contributed by atoms with Gasteiger partial charge in [-0.1, -0.05) is 0 Å². The number of amides is 1. The molecule has 98 valence electrons. The fraction of sp³-hybridized carbons (Fsp3) is 0.727. The summed E-state index contributed by atoms with van der Waals surface area (Å²) in [4.78, 5) is 35.4. The summed E-state index contributed by atoms with van der Waals surface area (Å²) in [5.41, 5.74) is 0. The second-order valence-corrected chi connectivity index (χ2v) is 3.78. The predicted molar refractivity (Wildman–Crippen MR) is 60.1 cm³/mol. The number of methoxy groups -OCH3 is 2. The number of hydrogen-bond acceptors (Lipinski definition) is 5. The Morgan fingerprint density at radius 2 is 1.53 bits per heavy atom. The number of carbonyl (C=O) groups excluding carboxylic acids is 3. The molecule has 0 heterocycles. The first-order chi connectivity index (χ1) is 7.93. The first-order valence-electron chi connectivity index (χ1n) is 5.29. The normalized spacial score (nSPS) is 9.94. The van der Waals surface area contributed by atoms with Crippen molar-refractivity contribution in [3.63, 3.8) is 0 Å². The van der Waals surface area contributed by atoms with E-state index in [1.807, 2.05) is 0 Å². The van der Waals surface area contributed by atoms with Crippen molar-refractivity contribution in [3.8, 4) is 0 Å². The van der Waals surface area contributed by atoms with E-state index in [-0.39, 0.29) is 18.7 Å². The van der Waals surface area contributed by atoms with Gasteiger partial charge in [-0.3, -0.25) is 14.4 Å². The van der Waals surface area contributed by atoms with Gasteiger partial charge in [0.25, 0.3) is 0 Å². The molecule has 1 amide bonds. The van der Waals surface area contributed by atoms with E-state index in [9.17, 15) is 14.4 Å². The van der Waals surface area contributed by atoms with Crippen molar-refractivity contribution < 1.29 is 23.9 Å². The van der Waals surface area contributed by atoms with Gasteiger partial charge in [-0.25, -0.2) is 0 Å². The molecule has 0 aromatic heterocycles. The van der Waals surface area contributed by atoms with Gasteiger partial charge in [0.1, 0.15) is 0 Å². The van der Waals surface area contributed by atoms with E-state index < -0.39 is 17.9 Å². The molecule has 0 aliphatic rings. The highest BCUT2D eigenvalue weighted by atomic mass is 16.5. The molecule has 0 rings (SSSR count). The Kier molecular flexibility index (Phi) is 6.93. The van der Waals surface area contributed by atoms with Gasteiger partial charge in [-0.15, -0.1) is 0 Å². The fourth-order valence-corrected chi connectivity index (χ4v) is 1.30. The first-order valence-corrected chi connectivity index (χ1v) is 5.29. The molecule has 0 saturated carbocycles. The molecule has 0 N–H and O–H groups in total. The third kappa shape index (κ3) is 5.33. The van der Waals surface area contributed by atoms with E-state index in [0.29, 0.717) is 6.42 Å². The SMILES string of the molecule is COC(=O)C(CCCC(=O)N(C)C)C(=O)OC. The molecule has 0 fully saturated rings. The molecule has 0 aromatic rings. The Hall–Kier alpha value is -1.59. The summed E-state index contributed by atoms with van der Waals surface area (Å²) in [5.74, 6) is -2.25. The van der Waals surface area contributed by atoms with Crippen molar-refractivity contribution in [2.24, 2.45) is 5.92 Å². The van der Waals surface area contributed by atoms with Crippen LogP contribution in [-0.4, -0.2) is 51.1 Å². The van der Waals surface area contributed by atoms with E-state index >= 15 is 0 Å². The van der Waals surface area contributed by atoms with Crippen LogP contribution in [0.2, 0.25) is 0 Å². The lowest BCUT2D eigenvalue weighted by Gasteiger charge is -2.13. The average Bonchev–Trinajstić information content (AvgIpc) is 2.32. The molecule has 0 atom stereocenters. The zero-order valence-electron chi connectivity index (χ0n) is 10.7. The van der Waals surface area contributed by atoms with Crippen LogP contribution < -0.4 is 0 Å². The van der Waals surface area contributed by atoms with Crippen molar-refractivity contribution >= 4 is 17.8 Å². The maximum atomic E-state index is 11.3. The largest absolute Gasteiger partial charge is 0.468 e. The van der Waals surface area contributed by atoms with Crippen LogP contribution in [0.3, 0.4) is 0 Å². The van der Waals surface area contributed by atoms with Crippen LogP contribution in [0.1, 0.15) is 19.3 Å². The minimum Gasteiger partial charge on any atom is -0.468 e. The quantitative estimate of drug-likeness (QED) is 0.494. The molecule has 0 radical (unpaired) electrons. The van der Waals surface area contributed by atoms with Crippen molar-refractivity contribution in [2.75, 3.05) is 28.3 Å². The van der Waals surface area contributed by atoms with Crippen molar-refractivity contribution in [1.82, 2.24) is 4.90 Å². The highest BCUT2D eigenvalue weighted by molar-refractivity contribution is 5.94. The van der Waals surface area contributed by atoms with E-state index in [1.165, 1.54) is 19.1 Å². The summed E-state index contributed by atoms with van der Waals surface area (Å²) < 4.78 is 9.01. The second-order valence-electron chi connectivity index (χ2n) is 3.78. The zero-order valence-corrected chi connectivity index (χ0v) is 10.7. The summed E-state index contributed by atoms with van der Waals surface area (Å²) >= 11 is 0. The van der Waals surface area contributed by atoms with E-state index in [4.69, 9.17) is 0 Å². The highest BCUT2D eigenvalue weighted by Crippen LogP contribution is 2.12. The maximum absolute atomic E-state index is 11.3. The lowest BCUT2D eigenvalue weighted by atomic mass is 10.0. The van der Waals surface area contributed by atoms with Crippen molar-refractivity contribution in [2.45, 2.75) is 19.3 Å². The van der Waals surface area contributed by atoms with Crippen molar-refractivity contribution in [1.29, 1.82) is 0 Å². The summed E-state index contributed by atoms with van der Waals surface area (Å²) in [6.45, 7) is 0. The Balaban J connectivity index is 4.23. The molecule has 0 aromatic carbocycles. The summed E-state index contributed by atoms with van der Waals surface area (Å²) in [7, 11) is 5.73. The van der Waals surface area contributed by atoms with E-state index in [0.717, 1.165) is 0 Å². The Bertz CT molecular complexity index is 272. The number of nitrogens with zero attached hydrogens (tertiary/aromatic N) is 1. The van der Waals surface area contributed by atoms with Crippen LogP contribution in [0.25, 0.3) is 0 Å². The molecule has 0 bridgehead atoms. The molecule has 6 heteroatoms. The molecule has 0 unspecified atom stereocenters. The van der Waals surface area contributed by atoms with E-state index in [1.54, 1.807) is 14.1 Å². The van der Waals surface area contributed by atoms with Gasteiger partial charge in [-0.05, 0) is 12.8 Å². The van der Waals surface area contributed by atoms with Crippen LogP contribution in [0.4, 0.5) is 0 Å². The Morgan fingerprint density at radius 1 is 1.06 bits per heavy atom. The number of esters is 2. The molecule has 0 aliphatic carbocycles. The van der Waals surface area contributed by atoms with Gasteiger partial charge in [0.15, 0.2) is 5.92 Å². The summed E-state index contributed by atoms with van der Waals surface area (Å²) in [6.07, 6.45) is 0.974. The molecule has 0 saturated heterocycles. The number of rotatable bonds is 6. The summed E-state index contributed by atoms with van der Waals surface area (Å²) in [6, 6.07) is 0. The predicted octanol–water partition coefficient (Wildman–Crippen LogP) is 0.207. The smallest absolute Gasteiger partial charge is 0.320 e. The topological polar surface area (TPSA) is 72.9 Å². The first kappa shape index (κ1) is 15.4. The minimum atomic E-state index is -0.944. The average molecular weight is 245 g/mol. The van der Waals surface area contributed by atoms with E-state index in [2.05, 4.69) is 9.47 Å². The highest BCUT2D eigenvalue weighted by Gasteiger charge is 2.28. The minimum absolute atomic E-state index is 0.0431. The van der Waals surface area contributed by atoms with Gasteiger partial charge in [0, 0.05) is 20.5 Å². The standard InChI is InChI=1S/C11H19NO5/c1-12(2)9(13)7-5-6-8(10(14)16-3)11(15)17-4/h8H,5-7H2,1-4H3. The van der Waals surface area contributed by atoms with Gasteiger partial charge in [0.05, 0.1) is 14.2 Å². The fourth-order valence-electron chi connectivity index (χ4n) is 1.30. The van der Waals surface area contributed by atoms with Gasteiger partial charge in [-0.2, -0.15) is 0 Å². The Labute approximate surface area is 101 Å². The van der Waals surface area contributed by atoms with Gasteiger partial charge >= 0.3 is 11.9 Å². The molecule has 0 spiro atoms. The van der Waals surface area contributed by atoms with Crippen LogP contribution in [0.5, 0.6) is 0 Å². The summed E-state index contributed by atoms with van der Waals surface area (Å²) in [5, 5.41) is 0. The third-order valence-corrected chi connectivity index (χ3v) is 2.35. The van der Waals surface area contributed by atoms with Crippen molar-refractivity contribution in [3.05, 3.63) is 0 Å². The van der Waals surface area contributed by atoms with Gasteiger partial charge in [0.2, 0.25) is 5.91 Å². The number of ether oxygens (including phenoxy) is 2. The lowest BCUT2D eigenvalue weighted by molar-refractivity contribution is -0.159. The van der Waals surface area contributed by atoms with Crippen LogP contribution in [0.15, 0.2) is 0 Å². The number of hydrogen-bond donors (Lipinski definition) is 0. The molecule has 0 aliphatic heterocycles. The third-order valence-electron chi connectivity index (χ3n) is 2.35. The maximum Gasteiger partial charge on any atom is 0.320 e. The van der Waals surface area contributed by atoms with Crippen LogP contribution in [-0.2, 0) is 23.9 Å². The Morgan fingerprint density at radius 3 is 1.88 bits per heavy atom. The second kappa shape index (κ2) is 7.65. The number of carbonyl (C=O) groups is 3. The molecular formula is C11H19NO5.